The van der Waals surface area contributed by atoms with Crippen LogP contribution in [0, 0.1) is 0 Å². The van der Waals surface area contributed by atoms with Crippen LogP contribution in [0.3, 0.4) is 0 Å². The van der Waals surface area contributed by atoms with Crippen LogP contribution in [0.2, 0.25) is 0 Å². The Morgan fingerprint density at radius 3 is 2.58 bits per heavy atom. The van der Waals surface area contributed by atoms with E-state index in [2.05, 4.69) is 0 Å². The minimum absolute atomic E-state index is 0.0372. The summed E-state index contributed by atoms with van der Waals surface area (Å²) >= 11 is 0. The maximum atomic E-state index is 9.35. The molecule has 1 rings (SSSR count). The first kappa shape index (κ1) is 9.03. The molecule has 3 heteroatoms. The third kappa shape index (κ3) is 1.96. The maximum absolute atomic E-state index is 9.35. The van der Waals surface area contributed by atoms with Crippen LogP contribution in [-0.4, -0.2) is 16.8 Å². The van der Waals surface area contributed by atoms with Crippen molar-refractivity contribution in [3.63, 3.8) is 0 Å². The summed E-state index contributed by atoms with van der Waals surface area (Å²) in [5.74, 6) is 0.193. The average molecular weight is 167 g/mol. The molecule has 0 radical (unpaired) electrons. The summed E-state index contributed by atoms with van der Waals surface area (Å²) in [6, 6.07) is 6.62. The van der Waals surface area contributed by atoms with E-state index in [1.807, 2.05) is 6.07 Å². The van der Waals surface area contributed by atoms with Crippen molar-refractivity contribution in [2.75, 3.05) is 6.61 Å². The van der Waals surface area contributed by atoms with E-state index in [0.29, 0.717) is 12.0 Å². The number of phenols is 1. The highest BCUT2D eigenvalue weighted by atomic mass is 16.3. The van der Waals surface area contributed by atoms with E-state index >= 15 is 0 Å². The maximum Gasteiger partial charge on any atom is 0.120 e. The van der Waals surface area contributed by atoms with Gasteiger partial charge >= 0.3 is 0 Å². The predicted octanol–water partition coefficient (Wildman–Crippen LogP) is 0.774. The summed E-state index contributed by atoms with van der Waals surface area (Å²) in [7, 11) is 0. The van der Waals surface area contributed by atoms with E-state index < -0.39 is 0 Å². The molecule has 0 aliphatic rings. The third-order valence-electron chi connectivity index (χ3n) is 1.78. The van der Waals surface area contributed by atoms with Gasteiger partial charge in [0.1, 0.15) is 5.75 Å². The Labute approximate surface area is 71.5 Å². The van der Waals surface area contributed by atoms with E-state index in [0.717, 1.165) is 0 Å². The molecule has 0 aliphatic carbocycles. The highest BCUT2D eigenvalue weighted by Crippen LogP contribution is 2.23. The Hall–Kier alpha value is -1.06. The zero-order chi connectivity index (χ0) is 8.97. The molecular weight excluding hydrogens is 154 g/mol. The number of aliphatic hydroxyl groups excluding tert-OH is 1. The molecule has 12 heavy (non-hydrogen) atoms. The van der Waals surface area contributed by atoms with Crippen molar-refractivity contribution in [3.8, 4) is 5.75 Å². The van der Waals surface area contributed by atoms with E-state index in [1.54, 1.807) is 18.2 Å². The first-order chi connectivity index (χ1) is 5.75. The van der Waals surface area contributed by atoms with Crippen LogP contribution in [0.5, 0.6) is 5.75 Å². The lowest BCUT2D eigenvalue weighted by Crippen LogP contribution is -2.11. The van der Waals surface area contributed by atoms with Gasteiger partial charge in [-0.25, -0.2) is 0 Å². The molecule has 0 saturated carbocycles. The summed E-state index contributed by atoms with van der Waals surface area (Å²) in [6.45, 7) is 0.0372. The molecule has 0 saturated heterocycles. The molecular formula is C9H13NO2. The van der Waals surface area contributed by atoms with Gasteiger partial charge in [0.05, 0.1) is 0 Å². The molecule has 0 fully saturated rings. The molecule has 0 amide bonds. The Morgan fingerprint density at radius 1 is 1.33 bits per heavy atom. The first-order valence-corrected chi connectivity index (χ1v) is 3.90. The van der Waals surface area contributed by atoms with Gasteiger partial charge in [-0.15, -0.1) is 0 Å². The summed E-state index contributed by atoms with van der Waals surface area (Å²) in [5.41, 5.74) is 6.37. The molecule has 0 bridgehead atoms. The van der Waals surface area contributed by atoms with E-state index in [-0.39, 0.29) is 18.4 Å². The summed E-state index contributed by atoms with van der Waals surface area (Å²) in [4.78, 5) is 0. The summed E-state index contributed by atoms with van der Waals surface area (Å²) in [6.07, 6.45) is 0.470. The van der Waals surface area contributed by atoms with Crippen molar-refractivity contribution in [2.24, 2.45) is 5.73 Å². The standard InChI is InChI=1S/C9H13NO2/c10-8(5-6-11)7-3-1-2-4-9(7)12/h1-4,8,11-12H,5-6,10H2. The first-order valence-electron chi connectivity index (χ1n) is 3.90. The third-order valence-corrected chi connectivity index (χ3v) is 1.78. The van der Waals surface area contributed by atoms with E-state index in [1.165, 1.54) is 0 Å². The molecule has 0 spiro atoms. The van der Waals surface area contributed by atoms with Crippen molar-refractivity contribution < 1.29 is 10.2 Å². The number of aromatic hydroxyl groups is 1. The Kier molecular flexibility index (Phi) is 3.08. The monoisotopic (exact) mass is 167 g/mol. The van der Waals surface area contributed by atoms with Gasteiger partial charge in [0, 0.05) is 18.2 Å². The molecule has 0 heterocycles. The van der Waals surface area contributed by atoms with Crippen LogP contribution in [-0.2, 0) is 0 Å². The van der Waals surface area contributed by atoms with Crippen LogP contribution in [0.1, 0.15) is 18.0 Å². The van der Waals surface area contributed by atoms with Crippen molar-refractivity contribution in [1.29, 1.82) is 0 Å². The number of hydrogen-bond donors (Lipinski definition) is 3. The SMILES string of the molecule is NC(CCO)c1ccccc1O. The van der Waals surface area contributed by atoms with Gasteiger partial charge in [-0.1, -0.05) is 18.2 Å². The van der Waals surface area contributed by atoms with Crippen molar-refractivity contribution >= 4 is 0 Å². The lowest BCUT2D eigenvalue weighted by molar-refractivity contribution is 0.275. The second-order valence-corrected chi connectivity index (χ2v) is 2.68. The number of aliphatic hydroxyl groups is 1. The van der Waals surface area contributed by atoms with Gasteiger partial charge in [-0.05, 0) is 12.5 Å². The highest BCUT2D eigenvalue weighted by molar-refractivity contribution is 5.34. The molecule has 1 aromatic carbocycles. The largest absolute Gasteiger partial charge is 0.508 e. The second kappa shape index (κ2) is 4.09. The minimum atomic E-state index is -0.281. The highest BCUT2D eigenvalue weighted by Gasteiger charge is 2.08. The van der Waals surface area contributed by atoms with E-state index in [4.69, 9.17) is 10.8 Å². The molecule has 4 N–H and O–H groups in total. The Morgan fingerprint density at radius 2 is 2.00 bits per heavy atom. The van der Waals surface area contributed by atoms with Crippen LogP contribution in [0.15, 0.2) is 24.3 Å². The van der Waals surface area contributed by atoms with Gasteiger partial charge in [0.25, 0.3) is 0 Å². The molecule has 0 aromatic heterocycles. The molecule has 1 aromatic rings. The normalized spacial score (nSPS) is 12.8. The second-order valence-electron chi connectivity index (χ2n) is 2.68. The number of hydrogen-bond acceptors (Lipinski definition) is 3. The number of phenolic OH excluding ortho intramolecular Hbond substituents is 1. The van der Waals surface area contributed by atoms with Gasteiger partial charge in [0.15, 0.2) is 0 Å². The topological polar surface area (TPSA) is 66.5 Å². The van der Waals surface area contributed by atoms with Crippen molar-refractivity contribution in [2.45, 2.75) is 12.5 Å². The predicted molar refractivity (Wildman–Crippen MR) is 46.7 cm³/mol. The Balaban J connectivity index is 2.79. The van der Waals surface area contributed by atoms with Gasteiger partial charge < -0.3 is 15.9 Å². The molecule has 66 valence electrons. The smallest absolute Gasteiger partial charge is 0.120 e. The molecule has 3 nitrogen and oxygen atoms in total. The van der Waals surface area contributed by atoms with Gasteiger partial charge in [0.2, 0.25) is 0 Å². The Bertz CT molecular complexity index is 250. The number of para-hydroxylation sites is 1. The summed E-state index contributed by atoms with van der Waals surface area (Å²) < 4.78 is 0. The zero-order valence-corrected chi connectivity index (χ0v) is 6.77. The average Bonchev–Trinajstić information content (AvgIpc) is 2.05. The molecule has 0 aliphatic heterocycles. The van der Waals surface area contributed by atoms with Crippen molar-refractivity contribution in [1.82, 2.24) is 0 Å². The van der Waals surface area contributed by atoms with Crippen LogP contribution in [0.25, 0.3) is 0 Å². The van der Waals surface area contributed by atoms with Gasteiger partial charge in [-0.2, -0.15) is 0 Å². The quantitative estimate of drug-likeness (QED) is 0.623. The zero-order valence-electron chi connectivity index (χ0n) is 6.77. The summed E-state index contributed by atoms with van der Waals surface area (Å²) in [5, 5.41) is 18.0. The minimum Gasteiger partial charge on any atom is -0.508 e. The fourth-order valence-electron chi connectivity index (χ4n) is 1.10. The number of benzene rings is 1. The molecule has 1 atom stereocenters. The van der Waals surface area contributed by atoms with Crippen molar-refractivity contribution in [3.05, 3.63) is 29.8 Å². The van der Waals surface area contributed by atoms with Crippen LogP contribution >= 0.6 is 0 Å². The lowest BCUT2D eigenvalue weighted by atomic mass is 10.0. The van der Waals surface area contributed by atoms with E-state index in [9.17, 15) is 5.11 Å². The van der Waals surface area contributed by atoms with Crippen LogP contribution in [0.4, 0.5) is 0 Å². The number of nitrogens with two attached hydrogens (primary N) is 1. The fourth-order valence-corrected chi connectivity index (χ4v) is 1.10. The van der Waals surface area contributed by atoms with Gasteiger partial charge in [-0.3, -0.25) is 0 Å². The lowest BCUT2D eigenvalue weighted by Gasteiger charge is -2.11. The number of rotatable bonds is 3. The fraction of sp³-hybridized carbons (Fsp3) is 0.333. The van der Waals surface area contributed by atoms with Crippen LogP contribution < -0.4 is 5.73 Å². The molecule has 1 unspecified atom stereocenters.